The first-order chi connectivity index (χ1) is 8.40. The molecule has 0 saturated carbocycles. The van der Waals surface area contributed by atoms with Crippen LogP contribution in [0.3, 0.4) is 0 Å². The summed E-state index contributed by atoms with van der Waals surface area (Å²) >= 11 is 0. The van der Waals surface area contributed by atoms with Crippen LogP contribution in [0.4, 0.5) is 5.82 Å². The number of hydrogen-bond acceptors (Lipinski definition) is 4. The van der Waals surface area contributed by atoms with Crippen molar-refractivity contribution in [3.63, 3.8) is 0 Å². The van der Waals surface area contributed by atoms with E-state index >= 15 is 0 Å². The second-order valence-electron chi connectivity index (χ2n) is 4.89. The monoisotopic (exact) mass is 245 g/mol. The molecule has 18 heavy (non-hydrogen) atoms. The van der Waals surface area contributed by atoms with Gasteiger partial charge in [0.15, 0.2) is 5.82 Å². The Balaban J connectivity index is 2.58. The van der Waals surface area contributed by atoms with Gasteiger partial charge in [-0.15, -0.1) is 0 Å². The van der Waals surface area contributed by atoms with Gasteiger partial charge in [-0.1, -0.05) is 13.8 Å². The summed E-state index contributed by atoms with van der Waals surface area (Å²) in [4.78, 5) is 8.97. The van der Waals surface area contributed by atoms with Crippen LogP contribution in [0.25, 0.3) is 11.4 Å². The number of nitrogens with zero attached hydrogens (tertiary/aromatic N) is 4. The van der Waals surface area contributed by atoms with Crippen molar-refractivity contribution >= 4 is 5.82 Å². The standard InChI is InChI=1S/C13H19N5/c1-7(2)11-9(4)15-13(16-12(11)14)10-6-18(5)17-8(10)3/h6-7H,1-5H3,(H2,14,15,16). The smallest absolute Gasteiger partial charge is 0.165 e. The zero-order chi connectivity index (χ0) is 13.4. The Hall–Kier alpha value is -1.91. The Kier molecular flexibility index (Phi) is 3.07. The van der Waals surface area contributed by atoms with E-state index in [1.165, 1.54) is 0 Å². The Morgan fingerprint density at radius 1 is 1.17 bits per heavy atom. The van der Waals surface area contributed by atoms with Gasteiger partial charge in [-0.05, 0) is 19.8 Å². The molecule has 2 N–H and O–H groups in total. The van der Waals surface area contributed by atoms with Crippen LogP contribution in [0, 0.1) is 13.8 Å². The van der Waals surface area contributed by atoms with E-state index in [0.29, 0.717) is 17.6 Å². The van der Waals surface area contributed by atoms with E-state index in [4.69, 9.17) is 5.73 Å². The van der Waals surface area contributed by atoms with Crippen LogP contribution in [0.15, 0.2) is 6.20 Å². The van der Waals surface area contributed by atoms with Crippen molar-refractivity contribution in [1.29, 1.82) is 0 Å². The van der Waals surface area contributed by atoms with Gasteiger partial charge in [-0.25, -0.2) is 9.97 Å². The molecule has 0 aromatic carbocycles. The van der Waals surface area contributed by atoms with Crippen molar-refractivity contribution < 1.29 is 0 Å². The summed E-state index contributed by atoms with van der Waals surface area (Å²) < 4.78 is 1.76. The van der Waals surface area contributed by atoms with Crippen molar-refractivity contribution in [2.45, 2.75) is 33.6 Å². The third-order valence-corrected chi connectivity index (χ3v) is 3.00. The van der Waals surface area contributed by atoms with Crippen LogP contribution >= 0.6 is 0 Å². The molecule has 0 radical (unpaired) electrons. The molecule has 5 nitrogen and oxygen atoms in total. The fourth-order valence-corrected chi connectivity index (χ4v) is 2.26. The summed E-state index contributed by atoms with van der Waals surface area (Å²) in [6.45, 7) is 8.11. The van der Waals surface area contributed by atoms with Gasteiger partial charge in [-0.3, -0.25) is 4.68 Å². The normalized spacial score (nSPS) is 11.2. The van der Waals surface area contributed by atoms with E-state index < -0.39 is 0 Å². The Morgan fingerprint density at radius 3 is 2.28 bits per heavy atom. The average molecular weight is 245 g/mol. The minimum Gasteiger partial charge on any atom is -0.383 e. The van der Waals surface area contributed by atoms with Gasteiger partial charge in [0.05, 0.1) is 11.3 Å². The van der Waals surface area contributed by atoms with Crippen LogP contribution in [0.5, 0.6) is 0 Å². The van der Waals surface area contributed by atoms with Gasteiger partial charge in [-0.2, -0.15) is 5.10 Å². The number of aromatic nitrogens is 4. The number of nitrogens with two attached hydrogens (primary N) is 1. The van der Waals surface area contributed by atoms with E-state index in [1.54, 1.807) is 4.68 Å². The Morgan fingerprint density at radius 2 is 1.83 bits per heavy atom. The summed E-state index contributed by atoms with van der Waals surface area (Å²) in [5.41, 5.74) is 9.85. The lowest BCUT2D eigenvalue weighted by Gasteiger charge is -2.12. The topological polar surface area (TPSA) is 69.6 Å². The molecular weight excluding hydrogens is 226 g/mol. The van der Waals surface area contributed by atoms with Gasteiger partial charge in [0.1, 0.15) is 5.82 Å². The highest BCUT2D eigenvalue weighted by Gasteiger charge is 2.15. The molecule has 0 atom stereocenters. The molecule has 2 rings (SSSR count). The van der Waals surface area contributed by atoms with Gasteiger partial charge in [0.25, 0.3) is 0 Å². The van der Waals surface area contributed by atoms with Crippen molar-refractivity contribution in [2.75, 3.05) is 5.73 Å². The van der Waals surface area contributed by atoms with Crippen molar-refractivity contribution in [3.05, 3.63) is 23.1 Å². The zero-order valence-corrected chi connectivity index (χ0v) is 11.5. The third kappa shape index (κ3) is 2.08. The number of aryl methyl sites for hydroxylation is 3. The lowest BCUT2D eigenvalue weighted by Crippen LogP contribution is -2.06. The number of rotatable bonds is 2. The second-order valence-corrected chi connectivity index (χ2v) is 4.89. The summed E-state index contributed by atoms with van der Waals surface area (Å²) in [7, 11) is 1.88. The maximum Gasteiger partial charge on any atom is 0.165 e. The maximum absolute atomic E-state index is 6.04. The SMILES string of the molecule is Cc1nn(C)cc1-c1nc(C)c(C(C)C)c(N)n1. The van der Waals surface area contributed by atoms with Crippen molar-refractivity contribution in [2.24, 2.45) is 7.05 Å². The maximum atomic E-state index is 6.04. The first-order valence-corrected chi connectivity index (χ1v) is 6.04. The quantitative estimate of drug-likeness (QED) is 0.880. The molecule has 0 aliphatic heterocycles. The zero-order valence-electron chi connectivity index (χ0n) is 11.5. The molecule has 0 spiro atoms. The highest BCUT2D eigenvalue weighted by atomic mass is 15.3. The third-order valence-electron chi connectivity index (χ3n) is 3.00. The number of nitrogen functional groups attached to an aromatic ring is 1. The summed E-state index contributed by atoms with van der Waals surface area (Å²) in [5, 5.41) is 4.30. The largest absolute Gasteiger partial charge is 0.383 e. The first-order valence-electron chi connectivity index (χ1n) is 6.04. The molecular formula is C13H19N5. The van der Waals surface area contributed by atoms with Gasteiger partial charge in [0, 0.05) is 24.5 Å². The fraction of sp³-hybridized carbons (Fsp3) is 0.462. The van der Waals surface area contributed by atoms with Crippen LogP contribution in [-0.2, 0) is 7.05 Å². The van der Waals surface area contributed by atoms with Crippen molar-refractivity contribution in [3.8, 4) is 11.4 Å². The molecule has 0 unspecified atom stereocenters. The van der Waals surface area contributed by atoms with Crippen LogP contribution in [0.1, 0.15) is 36.7 Å². The molecule has 2 aromatic heterocycles. The van der Waals surface area contributed by atoms with Gasteiger partial charge >= 0.3 is 0 Å². The van der Waals surface area contributed by atoms with Gasteiger partial charge in [0.2, 0.25) is 0 Å². The molecule has 2 heterocycles. The van der Waals surface area contributed by atoms with E-state index in [0.717, 1.165) is 22.5 Å². The molecule has 0 bridgehead atoms. The van der Waals surface area contributed by atoms with E-state index in [-0.39, 0.29) is 0 Å². The number of anilines is 1. The Labute approximate surface area is 107 Å². The highest BCUT2D eigenvalue weighted by Crippen LogP contribution is 2.27. The second kappa shape index (κ2) is 4.40. The molecule has 0 saturated heterocycles. The van der Waals surface area contributed by atoms with E-state index in [9.17, 15) is 0 Å². The average Bonchev–Trinajstić information content (AvgIpc) is 2.56. The predicted octanol–water partition coefficient (Wildman–Crippen LogP) is 2.20. The van der Waals surface area contributed by atoms with Crippen LogP contribution in [-0.4, -0.2) is 19.7 Å². The molecule has 0 aliphatic rings. The molecule has 96 valence electrons. The fourth-order valence-electron chi connectivity index (χ4n) is 2.26. The summed E-state index contributed by atoms with van der Waals surface area (Å²) in [6.07, 6.45) is 1.92. The van der Waals surface area contributed by atoms with Crippen LogP contribution in [0.2, 0.25) is 0 Å². The molecule has 0 fully saturated rings. The van der Waals surface area contributed by atoms with E-state index in [2.05, 4.69) is 28.9 Å². The lowest BCUT2D eigenvalue weighted by molar-refractivity contribution is 0.756. The lowest BCUT2D eigenvalue weighted by atomic mass is 10.0. The van der Waals surface area contributed by atoms with E-state index in [1.807, 2.05) is 27.1 Å². The minimum absolute atomic E-state index is 0.328. The van der Waals surface area contributed by atoms with Crippen molar-refractivity contribution in [1.82, 2.24) is 19.7 Å². The van der Waals surface area contributed by atoms with Gasteiger partial charge < -0.3 is 5.73 Å². The Bertz CT molecular complexity index is 560. The molecule has 0 aliphatic carbocycles. The number of hydrogen-bond donors (Lipinski definition) is 1. The predicted molar refractivity (Wildman–Crippen MR) is 72.2 cm³/mol. The first kappa shape index (κ1) is 12.5. The molecule has 2 aromatic rings. The summed E-state index contributed by atoms with van der Waals surface area (Å²) in [5.74, 6) is 1.55. The molecule has 0 amide bonds. The minimum atomic E-state index is 0.328. The highest BCUT2D eigenvalue weighted by molar-refractivity contribution is 5.60. The summed E-state index contributed by atoms with van der Waals surface area (Å²) in [6, 6.07) is 0. The molecule has 5 heteroatoms. The van der Waals surface area contributed by atoms with Crippen LogP contribution < -0.4 is 5.73 Å².